The lowest BCUT2D eigenvalue weighted by Crippen LogP contribution is -2.22. The van der Waals surface area contributed by atoms with Gasteiger partial charge in [0, 0.05) is 30.2 Å². The fraction of sp³-hybridized carbons (Fsp3) is 0.200. The Morgan fingerprint density at radius 2 is 1.74 bits per heavy atom. The third-order valence-electron chi connectivity index (χ3n) is 4.29. The molecule has 2 aromatic carbocycles. The van der Waals surface area contributed by atoms with Crippen molar-refractivity contribution in [3.63, 3.8) is 0 Å². The molecular weight excluding hydrogens is 354 g/mol. The highest BCUT2D eigenvalue weighted by atomic mass is 19.1. The van der Waals surface area contributed by atoms with Crippen molar-refractivity contribution < 1.29 is 18.0 Å². The van der Waals surface area contributed by atoms with Crippen molar-refractivity contribution in [3.8, 4) is 0 Å². The molecule has 0 unspecified atom stereocenters. The van der Waals surface area contributed by atoms with E-state index in [1.807, 2.05) is 19.9 Å². The number of carbonyl (C=O) groups is 1. The Hall–Kier alpha value is -3.22. The second-order valence-corrected chi connectivity index (χ2v) is 5.89. The van der Waals surface area contributed by atoms with Crippen LogP contribution < -0.4 is 15.8 Å². The van der Waals surface area contributed by atoms with Crippen LogP contribution in [0, 0.1) is 11.6 Å². The summed E-state index contributed by atoms with van der Waals surface area (Å²) in [5.74, 6) is -2.81. The monoisotopic (exact) mass is 372 g/mol. The maximum absolute atomic E-state index is 13.7. The van der Waals surface area contributed by atoms with E-state index in [9.17, 15) is 18.4 Å². The maximum atomic E-state index is 13.7. The average Bonchev–Trinajstić information content (AvgIpc) is 2.65. The number of anilines is 2. The van der Waals surface area contributed by atoms with Crippen LogP contribution in [0.3, 0.4) is 0 Å². The van der Waals surface area contributed by atoms with Gasteiger partial charge in [-0.25, -0.2) is 13.6 Å². The number of hydrogen-bond acceptors (Lipinski definition) is 4. The molecule has 7 heteroatoms. The highest BCUT2D eigenvalue weighted by Gasteiger charge is 2.18. The molecule has 0 aliphatic heterocycles. The Kier molecular flexibility index (Phi) is 5.21. The Bertz CT molecular complexity index is 1040. The van der Waals surface area contributed by atoms with E-state index in [0.29, 0.717) is 11.0 Å². The molecule has 3 rings (SSSR count). The summed E-state index contributed by atoms with van der Waals surface area (Å²) >= 11 is 0. The average molecular weight is 372 g/mol. The fourth-order valence-electron chi connectivity index (χ4n) is 2.84. The minimum absolute atomic E-state index is 0.332. The number of hydrogen-bond donors (Lipinski definition) is 1. The quantitative estimate of drug-likeness (QED) is 0.683. The van der Waals surface area contributed by atoms with Gasteiger partial charge in [-0.3, -0.25) is 4.79 Å². The molecule has 1 heterocycles. The zero-order chi connectivity index (χ0) is 19.6. The molecule has 140 valence electrons. The summed E-state index contributed by atoms with van der Waals surface area (Å²) in [6.45, 7) is 5.61. The van der Waals surface area contributed by atoms with Gasteiger partial charge < -0.3 is 14.6 Å². The normalized spacial score (nSPS) is 10.8. The maximum Gasteiger partial charge on any atom is 0.349 e. The molecule has 5 nitrogen and oxygen atoms in total. The summed E-state index contributed by atoms with van der Waals surface area (Å²) in [5.41, 5.74) is -0.604. The summed E-state index contributed by atoms with van der Waals surface area (Å²) in [6, 6.07) is 9.86. The van der Waals surface area contributed by atoms with E-state index in [-0.39, 0.29) is 5.56 Å². The van der Waals surface area contributed by atoms with Crippen molar-refractivity contribution in [2.24, 2.45) is 0 Å². The number of nitrogens with zero attached hydrogens (tertiary/aromatic N) is 1. The van der Waals surface area contributed by atoms with Crippen LogP contribution in [0.4, 0.5) is 20.2 Å². The van der Waals surface area contributed by atoms with E-state index in [2.05, 4.69) is 10.2 Å². The van der Waals surface area contributed by atoms with Crippen LogP contribution in [0.1, 0.15) is 24.2 Å². The predicted octanol–water partition coefficient (Wildman–Crippen LogP) is 4.17. The van der Waals surface area contributed by atoms with Gasteiger partial charge in [0.1, 0.15) is 28.5 Å². The number of amides is 1. The molecule has 3 aromatic rings. The Morgan fingerprint density at radius 3 is 2.37 bits per heavy atom. The predicted molar refractivity (Wildman–Crippen MR) is 100 cm³/mol. The van der Waals surface area contributed by atoms with Crippen LogP contribution in [0.15, 0.2) is 51.7 Å². The molecule has 0 spiro atoms. The minimum atomic E-state index is -0.942. The molecule has 27 heavy (non-hydrogen) atoms. The molecule has 0 radical (unpaired) electrons. The highest BCUT2D eigenvalue weighted by molar-refractivity contribution is 6.05. The van der Waals surface area contributed by atoms with Crippen LogP contribution in [0.2, 0.25) is 0 Å². The molecule has 1 N–H and O–H groups in total. The van der Waals surface area contributed by atoms with Crippen molar-refractivity contribution in [2.75, 3.05) is 23.3 Å². The Balaban J connectivity index is 1.98. The highest BCUT2D eigenvalue weighted by Crippen LogP contribution is 2.23. The molecule has 0 fully saturated rings. The Labute approximate surface area is 154 Å². The lowest BCUT2D eigenvalue weighted by molar-refractivity contribution is 0.102. The second-order valence-electron chi connectivity index (χ2n) is 5.89. The van der Waals surface area contributed by atoms with Crippen LogP contribution in [0.25, 0.3) is 11.0 Å². The number of carbonyl (C=O) groups excluding carboxylic acids is 1. The van der Waals surface area contributed by atoms with Crippen LogP contribution in [-0.4, -0.2) is 19.0 Å². The standard InChI is InChI=1S/C20H18F2N2O3/c1-3-24(4-2)13-9-8-12-10-14(20(26)27-17(12)11-13)19(25)23-18-15(21)6-5-7-16(18)22/h5-11H,3-4H2,1-2H3,(H,23,25). The third-order valence-corrected chi connectivity index (χ3v) is 4.29. The van der Waals surface area contributed by atoms with Gasteiger partial charge in [0.05, 0.1) is 0 Å². The van der Waals surface area contributed by atoms with Gasteiger partial charge in [-0.1, -0.05) is 6.07 Å². The number of nitrogens with one attached hydrogen (secondary N) is 1. The molecule has 0 aliphatic rings. The van der Waals surface area contributed by atoms with Gasteiger partial charge in [0.2, 0.25) is 0 Å². The van der Waals surface area contributed by atoms with Gasteiger partial charge in [-0.15, -0.1) is 0 Å². The van der Waals surface area contributed by atoms with E-state index in [4.69, 9.17) is 4.42 Å². The van der Waals surface area contributed by atoms with Crippen LogP contribution >= 0.6 is 0 Å². The fourth-order valence-corrected chi connectivity index (χ4v) is 2.84. The van der Waals surface area contributed by atoms with E-state index in [1.165, 1.54) is 12.1 Å². The first-order chi connectivity index (χ1) is 12.9. The summed E-state index contributed by atoms with van der Waals surface area (Å²) in [7, 11) is 0. The molecule has 0 saturated carbocycles. The Morgan fingerprint density at radius 1 is 1.07 bits per heavy atom. The van der Waals surface area contributed by atoms with E-state index in [0.717, 1.165) is 30.9 Å². The first-order valence-electron chi connectivity index (χ1n) is 8.52. The molecule has 0 aliphatic carbocycles. The van der Waals surface area contributed by atoms with E-state index >= 15 is 0 Å². The number of fused-ring (bicyclic) bond motifs is 1. The lowest BCUT2D eigenvalue weighted by Gasteiger charge is -2.21. The molecule has 0 saturated heterocycles. The topological polar surface area (TPSA) is 62.6 Å². The van der Waals surface area contributed by atoms with Crippen molar-refractivity contribution >= 4 is 28.3 Å². The third kappa shape index (κ3) is 3.67. The molecule has 1 aromatic heterocycles. The van der Waals surface area contributed by atoms with Gasteiger partial charge in [0.15, 0.2) is 0 Å². The minimum Gasteiger partial charge on any atom is -0.422 e. The van der Waals surface area contributed by atoms with Gasteiger partial charge in [-0.2, -0.15) is 0 Å². The van der Waals surface area contributed by atoms with Crippen molar-refractivity contribution in [1.29, 1.82) is 0 Å². The van der Waals surface area contributed by atoms with Gasteiger partial charge in [0.25, 0.3) is 5.91 Å². The largest absolute Gasteiger partial charge is 0.422 e. The summed E-state index contributed by atoms with van der Waals surface area (Å²) in [4.78, 5) is 26.6. The van der Waals surface area contributed by atoms with Crippen molar-refractivity contribution in [2.45, 2.75) is 13.8 Å². The SMILES string of the molecule is CCN(CC)c1ccc2cc(C(=O)Nc3c(F)cccc3F)c(=O)oc2c1. The zero-order valence-electron chi connectivity index (χ0n) is 14.9. The number of rotatable bonds is 5. The summed E-state index contributed by atoms with van der Waals surface area (Å²) < 4.78 is 32.7. The van der Waals surface area contributed by atoms with Gasteiger partial charge >= 0.3 is 5.63 Å². The molecule has 0 bridgehead atoms. The molecule has 1 amide bonds. The summed E-state index contributed by atoms with van der Waals surface area (Å²) in [5, 5.41) is 2.62. The summed E-state index contributed by atoms with van der Waals surface area (Å²) in [6.07, 6.45) is 0. The smallest absolute Gasteiger partial charge is 0.349 e. The number of halogens is 2. The van der Waals surface area contributed by atoms with E-state index in [1.54, 1.807) is 12.1 Å². The zero-order valence-corrected chi connectivity index (χ0v) is 14.9. The van der Waals surface area contributed by atoms with Crippen molar-refractivity contribution in [1.82, 2.24) is 0 Å². The first-order valence-corrected chi connectivity index (χ1v) is 8.52. The number of benzene rings is 2. The first kappa shape index (κ1) is 18.6. The van der Waals surface area contributed by atoms with Crippen molar-refractivity contribution in [3.05, 3.63) is 70.1 Å². The van der Waals surface area contributed by atoms with Gasteiger partial charge in [-0.05, 0) is 44.2 Å². The lowest BCUT2D eigenvalue weighted by atomic mass is 10.1. The molecular formula is C20H18F2N2O3. The number of para-hydroxylation sites is 1. The van der Waals surface area contributed by atoms with E-state index < -0.39 is 28.9 Å². The second kappa shape index (κ2) is 7.57. The van der Waals surface area contributed by atoms with Crippen LogP contribution in [0.5, 0.6) is 0 Å². The molecule has 0 atom stereocenters. The van der Waals surface area contributed by atoms with Crippen LogP contribution in [-0.2, 0) is 0 Å².